The molecule has 1 rings (SSSR count). The zero-order chi connectivity index (χ0) is 5.98. The molecule has 1 saturated carbocycles. The topological polar surface area (TPSA) is 0 Å². The van der Waals surface area contributed by atoms with Gasteiger partial charge in [0.05, 0.1) is 0 Å². The summed E-state index contributed by atoms with van der Waals surface area (Å²) in [7, 11) is 0. The van der Waals surface area contributed by atoms with E-state index in [4.69, 9.17) is 0 Å². The van der Waals surface area contributed by atoms with Crippen molar-refractivity contribution in [1.82, 2.24) is 0 Å². The molecule has 1 heteroatoms. The average molecular weight is 224 g/mol. The van der Waals surface area contributed by atoms with Crippen LogP contribution in [0.25, 0.3) is 0 Å². The predicted molar refractivity (Wildman–Crippen MR) is 45.4 cm³/mol. The van der Waals surface area contributed by atoms with Crippen LogP contribution in [-0.2, 0) is 0 Å². The molecule has 1 fully saturated rings. The summed E-state index contributed by atoms with van der Waals surface area (Å²) in [5.41, 5.74) is 0. The Morgan fingerprint density at radius 2 is 2.12 bits per heavy atom. The largest absolute Gasteiger partial charge is 0.0826 e. The fourth-order valence-electron chi connectivity index (χ4n) is 1.36. The first-order valence-electron chi connectivity index (χ1n) is 3.43. The molecule has 48 valence electrons. The highest BCUT2D eigenvalue weighted by atomic mass is 127. The van der Waals surface area contributed by atoms with Crippen molar-refractivity contribution in [1.29, 1.82) is 0 Å². The van der Waals surface area contributed by atoms with Gasteiger partial charge in [-0.25, -0.2) is 0 Å². The Labute approximate surface area is 65.2 Å². The molecule has 0 unspecified atom stereocenters. The van der Waals surface area contributed by atoms with E-state index in [9.17, 15) is 0 Å². The van der Waals surface area contributed by atoms with E-state index in [1.54, 1.807) is 0 Å². The normalized spacial score (nSPS) is 39.8. The summed E-state index contributed by atoms with van der Waals surface area (Å²) in [5, 5.41) is 0. The van der Waals surface area contributed by atoms with Crippen LogP contribution in [0.1, 0.15) is 32.6 Å². The van der Waals surface area contributed by atoms with Crippen LogP contribution < -0.4 is 0 Å². The van der Waals surface area contributed by atoms with Gasteiger partial charge in [-0.15, -0.1) is 0 Å². The molecule has 0 aliphatic heterocycles. The molecule has 0 N–H and O–H groups in total. The third-order valence-corrected chi connectivity index (χ3v) is 3.00. The molecule has 8 heavy (non-hydrogen) atoms. The minimum absolute atomic E-state index is 0.983. The molecule has 0 aromatic carbocycles. The molecular weight excluding hydrogens is 211 g/mol. The summed E-state index contributed by atoms with van der Waals surface area (Å²) in [5.74, 6) is 1.01. The SMILES string of the molecule is C[C@H]1CCC[C@@H](I)C1. The molecule has 0 aromatic rings. The van der Waals surface area contributed by atoms with E-state index >= 15 is 0 Å². The Morgan fingerprint density at radius 1 is 1.38 bits per heavy atom. The Balaban J connectivity index is 2.23. The smallest absolute Gasteiger partial charge is 0.0112 e. The summed E-state index contributed by atoms with van der Waals surface area (Å²) < 4.78 is 0.983. The summed E-state index contributed by atoms with van der Waals surface area (Å²) >= 11 is 2.57. The summed E-state index contributed by atoms with van der Waals surface area (Å²) in [6.45, 7) is 2.37. The van der Waals surface area contributed by atoms with Gasteiger partial charge in [-0.1, -0.05) is 42.4 Å². The quantitative estimate of drug-likeness (QED) is 0.438. The molecule has 2 atom stereocenters. The Morgan fingerprint density at radius 3 is 2.50 bits per heavy atom. The number of alkyl halides is 1. The van der Waals surface area contributed by atoms with Gasteiger partial charge in [-0.2, -0.15) is 0 Å². The summed E-state index contributed by atoms with van der Waals surface area (Å²) in [6, 6.07) is 0. The van der Waals surface area contributed by atoms with Crippen molar-refractivity contribution in [3.63, 3.8) is 0 Å². The number of hydrogen-bond acceptors (Lipinski definition) is 0. The van der Waals surface area contributed by atoms with Gasteiger partial charge in [0, 0.05) is 3.92 Å². The van der Waals surface area contributed by atoms with Crippen molar-refractivity contribution in [2.75, 3.05) is 0 Å². The Bertz CT molecular complexity index is 62.8. The van der Waals surface area contributed by atoms with Gasteiger partial charge in [-0.05, 0) is 18.8 Å². The molecule has 1 aliphatic carbocycles. The highest BCUT2D eigenvalue weighted by Gasteiger charge is 2.14. The van der Waals surface area contributed by atoms with Gasteiger partial charge < -0.3 is 0 Å². The minimum Gasteiger partial charge on any atom is -0.0826 e. The van der Waals surface area contributed by atoms with E-state index in [0.29, 0.717) is 0 Å². The van der Waals surface area contributed by atoms with Gasteiger partial charge in [0.2, 0.25) is 0 Å². The standard InChI is InChI=1S/C7H13I/c1-6-3-2-4-7(8)5-6/h6-7H,2-5H2,1H3/t6-,7+/m0/s1. The molecule has 0 amide bonds. The molecule has 0 aromatic heterocycles. The lowest BCUT2D eigenvalue weighted by Crippen LogP contribution is -2.11. The Kier molecular flexibility index (Phi) is 2.60. The van der Waals surface area contributed by atoms with Crippen LogP contribution in [0.2, 0.25) is 0 Å². The Hall–Kier alpha value is 0.730. The van der Waals surface area contributed by atoms with Crippen molar-refractivity contribution in [3.8, 4) is 0 Å². The van der Waals surface area contributed by atoms with Crippen molar-refractivity contribution >= 4 is 22.6 Å². The zero-order valence-corrected chi connectivity index (χ0v) is 7.52. The van der Waals surface area contributed by atoms with Crippen LogP contribution in [0.15, 0.2) is 0 Å². The molecule has 0 nitrogen and oxygen atoms in total. The second-order valence-electron chi connectivity index (χ2n) is 2.87. The first kappa shape index (κ1) is 6.84. The third-order valence-electron chi connectivity index (χ3n) is 1.87. The van der Waals surface area contributed by atoms with E-state index in [1.807, 2.05) is 0 Å². The lowest BCUT2D eigenvalue weighted by atomic mass is 9.91. The van der Waals surface area contributed by atoms with E-state index in [0.717, 1.165) is 9.84 Å². The molecule has 0 spiro atoms. The fraction of sp³-hybridized carbons (Fsp3) is 1.00. The lowest BCUT2D eigenvalue weighted by Gasteiger charge is -2.21. The second-order valence-corrected chi connectivity index (χ2v) is 4.63. The maximum atomic E-state index is 2.57. The third kappa shape index (κ3) is 1.92. The first-order valence-corrected chi connectivity index (χ1v) is 4.67. The number of rotatable bonds is 0. The van der Waals surface area contributed by atoms with Crippen molar-refractivity contribution in [2.45, 2.75) is 36.5 Å². The maximum absolute atomic E-state index is 2.57. The number of hydrogen-bond donors (Lipinski definition) is 0. The van der Waals surface area contributed by atoms with Crippen molar-refractivity contribution in [3.05, 3.63) is 0 Å². The van der Waals surface area contributed by atoms with Crippen LogP contribution in [-0.4, -0.2) is 3.92 Å². The van der Waals surface area contributed by atoms with E-state index in [1.165, 1.54) is 25.7 Å². The second kappa shape index (κ2) is 3.04. The molecule has 0 saturated heterocycles. The van der Waals surface area contributed by atoms with Gasteiger partial charge in [-0.3, -0.25) is 0 Å². The van der Waals surface area contributed by atoms with Crippen LogP contribution in [0.4, 0.5) is 0 Å². The van der Waals surface area contributed by atoms with Crippen molar-refractivity contribution in [2.24, 2.45) is 5.92 Å². The average Bonchev–Trinajstić information content (AvgIpc) is 1.64. The lowest BCUT2D eigenvalue weighted by molar-refractivity contribution is 0.402. The first-order chi connectivity index (χ1) is 3.79. The van der Waals surface area contributed by atoms with Crippen LogP contribution in [0, 0.1) is 5.92 Å². The molecule has 1 aliphatic rings. The van der Waals surface area contributed by atoms with Crippen LogP contribution in [0.3, 0.4) is 0 Å². The highest BCUT2D eigenvalue weighted by molar-refractivity contribution is 14.1. The maximum Gasteiger partial charge on any atom is 0.0112 e. The molecule has 0 radical (unpaired) electrons. The van der Waals surface area contributed by atoms with E-state index in [-0.39, 0.29) is 0 Å². The highest BCUT2D eigenvalue weighted by Crippen LogP contribution is 2.28. The fourth-order valence-corrected chi connectivity index (χ4v) is 2.67. The van der Waals surface area contributed by atoms with E-state index in [2.05, 4.69) is 29.5 Å². The van der Waals surface area contributed by atoms with Crippen LogP contribution in [0.5, 0.6) is 0 Å². The predicted octanol–water partition coefficient (Wildman–Crippen LogP) is 3.00. The van der Waals surface area contributed by atoms with Crippen molar-refractivity contribution < 1.29 is 0 Å². The van der Waals surface area contributed by atoms with E-state index < -0.39 is 0 Å². The summed E-state index contributed by atoms with van der Waals surface area (Å²) in [6.07, 6.45) is 5.86. The molecule has 0 heterocycles. The minimum atomic E-state index is 0.983. The van der Waals surface area contributed by atoms with Gasteiger partial charge in [0.25, 0.3) is 0 Å². The van der Waals surface area contributed by atoms with Gasteiger partial charge in [0.15, 0.2) is 0 Å². The van der Waals surface area contributed by atoms with Crippen LogP contribution >= 0.6 is 22.6 Å². The number of halogens is 1. The zero-order valence-electron chi connectivity index (χ0n) is 5.36. The molecular formula is C7H13I. The monoisotopic (exact) mass is 224 g/mol. The summed E-state index contributed by atoms with van der Waals surface area (Å²) in [4.78, 5) is 0. The van der Waals surface area contributed by atoms with Gasteiger partial charge in [0.1, 0.15) is 0 Å². The van der Waals surface area contributed by atoms with Gasteiger partial charge >= 0.3 is 0 Å². The molecule has 0 bridgehead atoms.